The summed E-state index contributed by atoms with van der Waals surface area (Å²) in [6.45, 7) is 6.43. The molecule has 1 N–H and O–H groups in total. The van der Waals surface area contributed by atoms with Gasteiger partial charge in [0.2, 0.25) is 0 Å². The highest BCUT2D eigenvalue weighted by atomic mass is 32.2. The fourth-order valence-electron chi connectivity index (χ4n) is 1.68. The third kappa shape index (κ3) is 5.22. The van der Waals surface area contributed by atoms with Gasteiger partial charge in [-0.1, -0.05) is 32.9 Å². The van der Waals surface area contributed by atoms with E-state index in [4.69, 9.17) is 0 Å². The lowest BCUT2D eigenvalue weighted by Crippen LogP contribution is -2.29. The molecule has 1 unspecified atom stereocenters. The second-order valence-corrected chi connectivity index (χ2v) is 7.18. The van der Waals surface area contributed by atoms with Crippen LogP contribution in [0.2, 0.25) is 0 Å². The van der Waals surface area contributed by atoms with Crippen molar-refractivity contribution in [1.82, 2.24) is 0 Å². The molecule has 0 saturated carbocycles. The first kappa shape index (κ1) is 17.8. The minimum Gasteiger partial charge on any atom is -0.276 e. The number of sulfonamides is 1. The van der Waals surface area contributed by atoms with Gasteiger partial charge in [0, 0.05) is 5.69 Å². The summed E-state index contributed by atoms with van der Waals surface area (Å²) in [6, 6.07) is 5.97. The minimum atomic E-state index is -5.35. The Bertz CT molecular complexity index is 551. The van der Waals surface area contributed by atoms with Crippen molar-refractivity contribution in [3.63, 3.8) is 0 Å². The van der Waals surface area contributed by atoms with Crippen LogP contribution in [0.4, 0.5) is 18.9 Å². The van der Waals surface area contributed by atoms with Gasteiger partial charge in [0.15, 0.2) is 0 Å². The van der Waals surface area contributed by atoms with E-state index in [1.54, 1.807) is 12.1 Å². The number of benzene rings is 1. The largest absolute Gasteiger partial charge is 0.516 e. The molecule has 3 nitrogen and oxygen atoms in total. The van der Waals surface area contributed by atoms with Gasteiger partial charge >= 0.3 is 15.5 Å². The molecule has 1 atom stereocenters. The molecule has 7 heteroatoms. The first-order valence-corrected chi connectivity index (χ1v) is 8.19. The zero-order valence-corrected chi connectivity index (χ0v) is 13.1. The van der Waals surface area contributed by atoms with Gasteiger partial charge in [0.25, 0.3) is 0 Å². The van der Waals surface area contributed by atoms with Crippen molar-refractivity contribution in [3.05, 3.63) is 29.8 Å². The van der Waals surface area contributed by atoms with E-state index in [9.17, 15) is 21.6 Å². The van der Waals surface area contributed by atoms with Crippen molar-refractivity contribution in [3.8, 4) is 0 Å². The summed E-state index contributed by atoms with van der Waals surface area (Å²) in [6.07, 6.45) is 1.79. The van der Waals surface area contributed by atoms with Gasteiger partial charge in [-0.2, -0.15) is 21.6 Å². The van der Waals surface area contributed by atoms with Gasteiger partial charge < -0.3 is 0 Å². The van der Waals surface area contributed by atoms with Crippen LogP contribution < -0.4 is 4.72 Å². The lowest BCUT2D eigenvalue weighted by molar-refractivity contribution is -0.0429. The first-order chi connectivity index (χ1) is 9.53. The van der Waals surface area contributed by atoms with E-state index in [-0.39, 0.29) is 5.69 Å². The van der Waals surface area contributed by atoms with Crippen LogP contribution in [-0.4, -0.2) is 13.9 Å². The Morgan fingerprint density at radius 1 is 1.10 bits per heavy atom. The lowest BCUT2D eigenvalue weighted by atomic mass is 9.91. The van der Waals surface area contributed by atoms with Crippen molar-refractivity contribution in [2.45, 2.75) is 39.1 Å². The molecular weight excluding hydrogens is 303 g/mol. The summed E-state index contributed by atoms with van der Waals surface area (Å²) >= 11 is 0. The van der Waals surface area contributed by atoms with Crippen LogP contribution in [0.3, 0.4) is 0 Å². The van der Waals surface area contributed by atoms with Crippen molar-refractivity contribution in [2.24, 2.45) is 11.8 Å². The highest BCUT2D eigenvalue weighted by molar-refractivity contribution is 7.93. The number of halogens is 3. The maximum Gasteiger partial charge on any atom is 0.516 e. The number of hydrogen-bond donors (Lipinski definition) is 1. The topological polar surface area (TPSA) is 46.2 Å². The molecule has 1 aromatic carbocycles. The van der Waals surface area contributed by atoms with E-state index in [2.05, 4.69) is 20.8 Å². The van der Waals surface area contributed by atoms with Crippen LogP contribution in [-0.2, 0) is 16.4 Å². The molecule has 0 aliphatic heterocycles. The molecule has 1 aromatic rings. The molecule has 0 bridgehead atoms. The summed E-state index contributed by atoms with van der Waals surface area (Å²) in [5.41, 5.74) is -4.43. The zero-order valence-electron chi connectivity index (χ0n) is 12.2. The molecule has 1 rings (SSSR count). The average Bonchev–Trinajstić information content (AvgIpc) is 2.35. The van der Waals surface area contributed by atoms with Gasteiger partial charge in [0.1, 0.15) is 0 Å². The smallest absolute Gasteiger partial charge is 0.276 e. The number of rotatable bonds is 6. The van der Waals surface area contributed by atoms with Gasteiger partial charge in [-0.3, -0.25) is 4.72 Å². The van der Waals surface area contributed by atoms with E-state index in [1.807, 2.05) is 0 Å². The fourth-order valence-corrected chi connectivity index (χ4v) is 2.24. The molecule has 120 valence electrons. The molecule has 0 amide bonds. The molecule has 0 heterocycles. The Balaban J connectivity index is 2.67. The molecule has 0 fully saturated rings. The van der Waals surface area contributed by atoms with Crippen molar-refractivity contribution in [2.75, 3.05) is 4.72 Å². The van der Waals surface area contributed by atoms with E-state index in [0.717, 1.165) is 18.4 Å². The SMILES string of the molecule is CC(C)C(C)CCc1ccc(NS(=O)(=O)C(F)(F)F)cc1. The monoisotopic (exact) mass is 323 g/mol. The Hall–Kier alpha value is -1.24. The fraction of sp³-hybridized carbons (Fsp3) is 0.571. The molecule has 0 aliphatic carbocycles. The van der Waals surface area contributed by atoms with Crippen molar-refractivity contribution < 1.29 is 21.6 Å². The summed E-state index contributed by atoms with van der Waals surface area (Å²) in [5.74, 6) is 1.12. The predicted molar refractivity (Wildman–Crippen MR) is 77.4 cm³/mol. The maximum absolute atomic E-state index is 12.2. The van der Waals surface area contributed by atoms with E-state index < -0.39 is 15.5 Å². The molecule has 0 spiro atoms. The number of nitrogens with one attached hydrogen (secondary N) is 1. The van der Waals surface area contributed by atoms with E-state index in [1.165, 1.54) is 16.9 Å². The van der Waals surface area contributed by atoms with Gasteiger partial charge in [-0.15, -0.1) is 0 Å². The number of anilines is 1. The van der Waals surface area contributed by atoms with Crippen molar-refractivity contribution in [1.29, 1.82) is 0 Å². The second kappa shape index (κ2) is 6.68. The summed E-state index contributed by atoms with van der Waals surface area (Å²) in [5, 5.41) is 0. The lowest BCUT2D eigenvalue weighted by Gasteiger charge is -2.15. The first-order valence-electron chi connectivity index (χ1n) is 6.71. The van der Waals surface area contributed by atoms with Crippen LogP contribution in [0.5, 0.6) is 0 Å². The minimum absolute atomic E-state index is 0.0898. The molecule has 21 heavy (non-hydrogen) atoms. The van der Waals surface area contributed by atoms with Crippen molar-refractivity contribution >= 4 is 15.7 Å². The second-order valence-electron chi connectivity index (χ2n) is 5.51. The summed E-state index contributed by atoms with van der Waals surface area (Å²) < 4.78 is 60.1. The average molecular weight is 323 g/mol. The number of alkyl halides is 3. The van der Waals surface area contributed by atoms with E-state index >= 15 is 0 Å². The van der Waals surface area contributed by atoms with E-state index in [0.29, 0.717) is 11.8 Å². The summed E-state index contributed by atoms with van der Waals surface area (Å²) in [4.78, 5) is 0. The van der Waals surface area contributed by atoms with Crippen LogP contribution in [0.15, 0.2) is 24.3 Å². The Morgan fingerprint density at radius 3 is 2.05 bits per heavy atom. The number of aryl methyl sites for hydroxylation is 1. The van der Waals surface area contributed by atoms with Crippen LogP contribution in [0, 0.1) is 11.8 Å². The molecule has 0 radical (unpaired) electrons. The zero-order chi connectivity index (χ0) is 16.3. The van der Waals surface area contributed by atoms with Crippen LogP contribution >= 0.6 is 0 Å². The standard InChI is InChI=1S/C14H20F3NO2S/c1-10(2)11(3)4-5-12-6-8-13(9-7-12)18-21(19,20)14(15,16)17/h6-11,18H,4-5H2,1-3H3. The quantitative estimate of drug-likeness (QED) is 0.854. The van der Waals surface area contributed by atoms with Crippen LogP contribution in [0.25, 0.3) is 0 Å². The normalized spacial score (nSPS) is 14.2. The number of hydrogen-bond acceptors (Lipinski definition) is 2. The molecule has 0 aliphatic rings. The van der Waals surface area contributed by atoms with Gasteiger partial charge in [0.05, 0.1) is 0 Å². The highest BCUT2D eigenvalue weighted by Crippen LogP contribution is 2.25. The van der Waals surface area contributed by atoms with Gasteiger partial charge in [-0.05, 0) is 42.4 Å². The Morgan fingerprint density at radius 2 is 1.62 bits per heavy atom. The maximum atomic E-state index is 12.2. The third-order valence-electron chi connectivity index (χ3n) is 3.54. The van der Waals surface area contributed by atoms with Gasteiger partial charge in [-0.25, -0.2) is 0 Å². The van der Waals surface area contributed by atoms with Crippen LogP contribution in [0.1, 0.15) is 32.8 Å². The molecule has 0 aromatic heterocycles. The highest BCUT2D eigenvalue weighted by Gasteiger charge is 2.45. The Labute approximate surface area is 123 Å². The predicted octanol–water partition coefficient (Wildman–Crippen LogP) is 4.17. The third-order valence-corrected chi connectivity index (χ3v) is 4.65. The molecular formula is C14H20F3NO2S. The Kier molecular flexibility index (Phi) is 5.67. The molecule has 0 saturated heterocycles. The summed E-state index contributed by atoms with van der Waals surface area (Å²) in [7, 11) is -5.35.